The van der Waals surface area contributed by atoms with Gasteiger partial charge in [0.1, 0.15) is 11.5 Å². The van der Waals surface area contributed by atoms with Gasteiger partial charge in [0.2, 0.25) is 0 Å². The number of ether oxygens (including phenoxy) is 1. The minimum atomic E-state index is 0.321. The number of aryl methyl sites for hydroxylation is 2. The van der Waals surface area contributed by atoms with Crippen LogP contribution in [0.3, 0.4) is 0 Å². The van der Waals surface area contributed by atoms with Crippen molar-refractivity contribution >= 4 is 6.29 Å². The van der Waals surface area contributed by atoms with E-state index in [-0.39, 0.29) is 0 Å². The maximum atomic E-state index is 10.6. The summed E-state index contributed by atoms with van der Waals surface area (Å²) in [5.74, 6) is 1.73. The highest BCUT2D eigenvalue weighted by Gasteiger charge is 2.13. The normalized spacial score (nSPS) is 10.3. The molecule has 0 spiro atoms. The predicted octanol–water partition coefficient (Wildman–Crippen LogP) is 3.38. The van der Waals surface area contributed by atoms with Gasteiger partial charge in [-0.05, 0) is 43.2 Å². The van der Waals surface area contributed by atoms with Crippen molar-refractivity contribution in [2.24, 2.45) is 0 Å². The van der Waals surface area contributed by atoms with E-state index in [1.165, 1.54) is 0 Å². The summed E-state index contributed by atoms with van der Waals surface area (Å²) in [6.45, 7) is 4.01. The largest absolute Gasteiger partial charge is 0.496 e. The molecule has 0 atom stereocenters. The van der Waals surface area contributed by atoms with Crippen molar-refractivity contribution in [3.8, 4) is 17.1 Å². The molecular weight excluding hydrogens is 216 g/mol. The van der Waals surface area contributed by atoms with Crippen LogP contribution in [-0.4, -0.2) is 13.4 Å². The second-order valence-electron chi connectivity index (χ2n) is 3.98. The van der Waals surface area contributed by atoms with Gasteiger partial charge in [-0.25, -0.2) is 0 Å². The standard InChI is InChI=1S/C14H14O3/c1-9-6-10(2)14(13(7-9)16-3)12-5-4-11(8-15)17-12/h4-8H,1-3H3. The topological polar surface area (TPSA) is 39.4 Å². The molecule has 1 heterocycles. The molecule has 0 saturated heterocycles. The number of hydrogen-bond acceptors (Lipinski definition) is 3. The zero-order valence-corrected chi connectivity index (χ0v) is 10.1. The van der Waals surface area contributed by atoms with Crippen LogP contribution in [0, 0.1) is 13.8 Å². The van der Waals surface area contributed by atoms with Gasteiger partial charge in [-0.3, -0.25) is 4.79 Å². The molecule has 0 aliphatic rings. The first-order valence-corrected chi connectivity index (χ1v) is 5.36. The first kappa shape index (κ1) is 11.5. The Labute approximate surface area is 100 Å². The van der Waals surface area contributed by atoms with Gasteiger partial charge in [-0.15, -0.1) is 0 Å². The summed E-state index contributed by atoms with van der Waals surface area (Å²) >= 11 is 0. The summed E-state index contributed by atoms with van der Waals surface area (Å²) in [5, 5.41) is 0. The Morgan fingerprint density at radius 2 is 2.00 bits per heavy atom. The lowest BCUT2D eigenvalue weighted by Gasteiger charge is -2.10. The lowest BCUT2D eigenvalue weighted by molar-refractivity contribution is 0.110. The van der Waals surface area contributed by atoms with Crippen molar-refractivity contribution in [1.82, 2.24) is 0 Å². The molecule has 0 saturated carbocycles. The van der Waals surface area contributed by atoms with Gasteiger partial charge in [0.15, 0.2) is 12.0 Å². The Morgan fingerprint density at radius 3 is 2.59 bits per heavy atom. The van der Waals surface area contributed by atoms with E-state index in [1.54, 1.807) is 19.2 Å². The van der Waals surface area contributed by atoms with Gasteiger partial charge in [0.25, 0.3) is 0 Å². The summed E-state index contributed by atoms with van der Waals surface area (Å²) in [4.78, 5) is 10.6. The van der Waals surface area contributed by atoms with Crippen LogP contribution in [0.4, 0.5) is 0 Å². The molecule has 0 aliphatic heterocycles. The Kier molecular flexibility index (Phi) is 3.00. The molecule has 88 valence electrons. The lowest BCUT2D eigenvalue weighted by Crippen LogP contribution is -1.91. The van der Waals surface area contributed by atoms with Crippen LogP contribution in [-0.2, 0) is 0 Å². The molecule has 0 N–H and O–H groups in total. The number of aldehydes is 1. The van der Waals surface area contributed by atoms with Crippen LogP contribution >= 0.6 is 0 Å². The van der Waals surface area contributed by atoms with Gasteiger partial charge >= 0.3 is 0 Å². The molecule has 0 amide bonds. The molecule has 2 aromatic rings. The van der Waals surface area contributed by atoms with Crippen molar-refractivity contribution in [3.63, 3.8) is 0 Å². The molecule has 0 fully saturated rings. The van der Waals surface area contributed by atoms with E-state index in [4.69, 9.17) is 9.15 Å². The number of benzene rings is 1. The average Bonchev–Trinajstić information content (AvgIpc) is 2.76. The van der Waals surface area contributed by atoms with Crippen molar-refractivity contribution in [2.45, 2.75) is 13.8 Å². The monoisotopic (exact) mass is 230 g/mol. The second-order valence-corrected chi connectivity index (χ2v) is 3.98. The molecule has 17 heavy (non-hydrogen) atoms. The summed E-state index contributed by atoms with van der Waals surface area (Å²) in [6.07, 6.45) is 0.694. The van der Waals surface area contributed by atoms with E-state index in [1.807, 2.05) is 19.9 Å². The van der Waals surface area contributed by atoms with Gasteiger partial charge in [-0.2, -0.15) is 0 Å². The molecule has 2 rings (SSSR count). The lowest BCUT2D eigenvalue weighted by atomic mass is 10.0. The third kappa shape index (κ3) is 2.09. The molecule has 3 nitrogen and oxygen atoms in total. The number of carbonyl (C=O) groups is 1. The highest BCUT2D eigenvalue weighted by molar-refractivity contribution is 5.76. The van der Waals surface area contributed by atoms with Gasteiger partial charge in [0, 0.05) is 0 Å². The molecule has 1 aromatic carbocycles. The van der Waals surface area contributed by atoms with Crippen LogP contribution in [0.1, 0.15) is 21.7 Å². The second kappa shape index (κ2) is 4.45. The van der Waals surface area contributed by atoms with E-state index in [2.05, 4.69) is 6.07 Å². The third-order valence-corrected chi connectivity index (χ3v) is 2.65. The van der Waals surface area contributed by atoms with Crippen molar-refractivity contribution < 1.29 is 13.9 Å². The molecule has 0 bridgehead atoms. The first-order valence-electron chi connectivity index (χ1n) is 5.36. The summed E-state index contributed by atoms with van der Waals surface area (Å²) in [7, 11) is 1.63. The molecule has 1 aromatic heterocycles. The maximum Gasteiger partial charge on any atom is 0.185 e. The van der Waals surface area contributed by atoms with Gasteiger partial charge in [0.05, 0.1) is 12.7 Å². The fraction of sp³-hybridized carbons (Fsp3) is 0.214. The Bertz CT molecular complexity index is 553. The van der Waals surface area contributed by atoms with Gasteiger partial charge in [-0.1, -0.05) is 6.07 Å². The molecule has 0 unspecified atom stereocenters. The highest BCUT2D eigenvalue weighted by Crippen LogP contribution is 2.35. The van der Waals surface area contributed by atoms with Crippen LogP contribution in [0.25, 0.3) is 11.3 Å². The number of carbonyl (C=O) groups excluding carboxylic acids is 1. The first-order chi connectivity index (χ1) is 8.15. The molecule has 3 heteroatoms. The SMILES string of the molecule is COc1cc(C)cc(C)c1-c1ccc(C=O)o1. The van der Waals surface area contributed by atoms with Crippen molar-refractivity contribution in [3.05, 3.63) is 41.2 Å². The zero-order chi connectivity index (χ0) is 12.4. The molecule has 0 aliphatic carbocycles. The third-order valence-electron chi connectivity index (χ3n) is 2.65. The Morgan fingerprint density at radius 1 is 1.24 bits per heavy atom. The average molecular weight is 230 g/mol. The van der Waals surface area contributed by atoms with E-state index < -0.39 is 0 Å². The minimum absolute atomic E-state index is 0.321. The van der Waals surface area contributed by atoms with Crippen molar-refractivity contribution in [2.75, 3.05) is 7.11 Å². The van der Waals surface area contributed by atoms with E-state index in [9.17, 15) is 4.79 Å². The quantitative estimate of drug-likeness (QED) is 0.759. The minimum Gasteiger partial charge on any atom is -0.496 e. The molecular formula is C14H14O3. The summed E-state index contributed by atoms with van der Waals surface area (Å²) < 4.78 is 10.8. The number of furan rings is 1. The van der Waals surface area contributed by atoms with E-state index in [0.717, 1.165) is 22.4 Å². The molecule has 0 radical (unpaired) electrons. The van der Waals surface area contributed by atoms with Crippen LogP contribution in [0.15, 0.2) is 28.7 Å². The van der Waals surface area contributed by atoms with E-state index in [0.29, 0.717) is 17.8 Å². The van der Waals surface area contributed by atoms with Crippen LogP contribution in [0.2, 0.25) is 0 Å². The predicted molar refractivity (Wildman–Crippen MR) is 65.6 cm³/mol. The number of methoxy groups -OCH3 is 1. The summed E-state index contributed by atoms with van der Waals surface area (Å²) in [5.41, 5.74) is 3.09. The van der Waals surface area contributed by atoms with Crippen LogP contribution < -0.4 is 4.74 Å². The number of rotatable bonds is 3. The van der Waals surface area contributed by atoms with Crippen LogP contribution in [0.5, 0.6) is 5.75 Å². The smallest absolute Gasteiger partial charge is 0.185 e. The summed E-state index contributed by atoms with van der Waals surface area (Å²) in [6, 6.07) is 7.44. The Balaban J connectivity index is 2.61. The number of hydrogen-bond donors (Lipinski definition) is 0. The fourth-order valence-corrected chi connectivity index (χ4v) is 1.96. The zero-order valence-electron chi connectivity index (χ0n) is 10.1. The Hall–Kier alpha value is -2.03. The van der Waals surface area contributed by atoms with E-state index >= 15 is 0 Å². The highest BCUT2D eigenvalue weighted by atomic mass is 16.5. The maximum absolute atomic E-state index is 10.6. The van der Waals surface area contributed by atoms with Gasteiger partial charge < -0.3 is 9.15 Å². The van der Waals surface area contributed by atoms with Crippen molar-refractivity contribution in [1.29, 1.82) is 0 Å². The fourth-order valence-electron chi connectivity index (χ4n) is 1.96.